The maximum Gasteiger partial charge on any atom is 0.260 e. The Morgan fingerprint density at radius 1 is 1.31 bits per heavy atom. The first-order valence-corrected chi connectivity index (χ1v) is 8.14. The van der Waals surface area contributed by atoms with E-state index >= 15 is 0 Å². The second-order valence-electron chi connectivity index (χ2n) is 5.92. The van der Waals surface area contributed by atoms with Crippen LogP contribution in [-0.4, -0.2) is 59.5 Å². The summed E-state index contributed by atoms with van der Waals surface area (Å²) in [7, 11) is 1.63. The largest absolute Gasteiger partial charge is 0.374 e. The SMILES string of the molecule is [2H]c1cc(-c2cccc(-n3cc([C@]4(O)CCN(C)C4=O)nn3)n2)nc(Cl)n1. The number of likely N-dealkylation sites (tertiary alicyclic amines) is 1. The molecule has 0 aromatic carbocycles. The summed E-state index contributed by atoms with van der Waals surface area (Å²) < 4.78 is 9.01. The van der Waals surface area contributed by atoms with Crippen LogP contribution in [0.5, 0.6) is 0 Å². The van der Waals surface area contributed by atoms with Crippen molar-refractivity contribution in [3.05, 3.63) is 47.6 Å². The van der Waals surface area contributed by atoms with Crippen molar-refractivity contribution >= 4 is 17.5 Å². The van der Waals surface area contributed by atoms with E-state index in [0.717, 1.165) is 0 Å². The van der Waals surface area contributed by atoms with Crippen molar-refractivity contribution in [2.24, 2.45) is 0 Å². The number of nitrogens with zero attached hydrogens (tertiary/aromatic N) is 7. The van der Waals surface area contributed by atoms with Crippen LogP contribution in [0.3, 0.4) is 0 Å². The average Bonchev–Trinajstić information content (AvgIpc) is 3.24. The molecule has 3 aromatic rings. The number of carbonyl (C=O) groups excluding carboxylic acids is 1. The van der Waals surface area contributed by atoms with Gasteiger partial charge in [0.2, 0.25) is 5.28 Å². The molecule has 0 unspecified atom stereocenters. The summed E-state index contributed by atoms with van der Waals surface area (Å²) in [5.74, 6) is 0.00442. The van der Waals surface area contributed by atoms with Crippen LogP contribution in [0.15, 0.2) is 36.6 Å². The summed E-state index contributed by atoms with van der Waals surface area (Å²) in [4.78, 5) is 25.9. The van der Waals surface area contributed by atoms with Gasteiger partial charge < -0.3 is 10.0 Å². The predicted molar refractivity (Wildman–Crippen MR) is 91.3 cm³/mol. The van der Waals surface area contributed by atoms with Gasteiger partial charge in [-0.15, -0.1) is 5.10 Å². The molecule has 26 heavy (non-hydrogen) atoms. The first-order valence-electron chi connectivity index (χ1n) is 8.26. The van der Waals surface area contributed by atoms with Crippen LogP contribution in [0.2, 0.25) is 5.28 Å². The minimum absolute atomic E-state index is 0.0219. The fourth-order valence-corrected chi connectivity index (χ4v) is 2.92. The first kappa shape index (κ1) is 15.4. The molecule has 0 spiro atoms. The highest BCUT2D eigenvalue weighted by molar-refractivity contribution is 6.28. The quantitative estimate of drug-likeness (QED) is 0.678. The van der Waals surface area contributed by atoms with Crippen LogP contribution in [0, 0.1) is 0 Å². The Morgan fingerprint density at radius 2 is 2.12 bits per heavy atom. The fourth-order valence-electron chi connectivity index (χ4n) is 2.78. The van der Waals surface area contributed by atoms with E-state index in [9.17, 15) is 9.90 Å². The number of hydrogen-bond acceptors (Lipinski definition) is 7. The highest BCUT2D eigenvalue weighted by Crippen LogP contribution is 2.31. The van der Waals surface area contributed by atoms with Crippen LogP contribution in [0.1, 0.15) is 13.5 Å². The Hall–Kier alpha value is -2.91. The molecule has 1 N–H and O–H groups in total. The molecule has 0 saturated carbocycles. The number of pyridine rings is 1. The van der Waals surface area contributed by atoms with Crippen molar-refractivity contribution in [3.63, 3.8) is 0 Å². The van der Waals surface area contributed by atoms with Gasteiger partial charge in [-0.1, -0.05) is 11.3 Å². The normalized spacial score (nSPS) is 20.5. The second kappa shape index (κ2) is 6.11. The van der Waals surface area contributed by atoms with Crippen LogP contribution < -0.4 is 0 Å². The molecule has 1 saturated heterocycles. The molecule has 1 aliphatic rings. The van der Waals surface area contributed by atoms with E-state index in [1.54, 1.807) is 25.2 Å². The summed E-state index contributed by atoms with van der Waals surface area (Å²) in [5, 5.41) is 18.6. The Labute approximate surface area is 154 Å². The fraction of sp³-hybridized carbons (Fsp3) is 0.250. The zero-order valence-electron chi connectivity index (χ0n) is 14.7. The lowest BCUT2D eigenvalue weighted by Crippen LogP contribution is -2.36. The molecule has 0 aliphatic carbocycles. The molecule has 4 rings (SSSR count). The van der Waals surface area contributed by atoms with Gasteiger partial charge in [-0.2, -0.15) is 0 Å². The topological polar surface area (TPSA) is 110 Å². The molecule has 0 radical (unpaired) electrons. The number of hydrogen-bond donors (Lipinski definition) is 1. The molecule has 1 fully saturated rings. The number of likely N-dealkylation sites (N-methyl/N-ethyl adjacent to an activating group) is 1. The molecule has 1 aliphatic heterocycles. The molecule has 4 heterocycles. The third kappa shape index (κ3) is 2.71. The van der Waals surface area contributed by atoms with Crippen molar-refractivity contribution in [1.82, 2.24) is 34.8 Å². The van der Waals surface area contributed by atoms with Gasteiger partial charge in [0.25, 0.3) is 5.91 Å². The molecule has 132 valence electrons. The molecule has 10 heteroatoms. The van der Waals surface area contributed by atoms with Gasteiger partial charge in [0.15, 0.2) is 11.4 Å². The third-order valence-electron chi connectivity index (χ3n) is 4.23. The van der Waals surface area contributed by atoms with Gasteiger partial charge >= 0.3 is 0 Å². The number of halogens is 1. The van der Waals surface area contributed by atoms with E-state index in [1.807, 2.05) is 0 Å². The molecule has 0 bridgehead atoms. The molecular formula is C16H14ClN7O2. The number of aromatic nitrogens is 6. The standard InChI is InChI=1S/C16H14ClN7O2/c1-23-8-6-16(26,14(23)25)12-9-24(22-21-12)13-4-2-3-10(19-13)11-5-7-18-15(17)20-11/h2-5,7,9,26H,6,8H2,1H3/t16-/m1/s1/i7D. The summed E-state index contributed by atoms with van der Waals surface area (Å²) in [6.07, 6.45) is 1.71. The Balaban J connectivity index is 1.69. The minimum Gasteiger partial charge on any atom is -0.374 e. The zero-order valence-corrected chi connectivity index (χ0v) is 14.4. The van der Waals surface area contributed by atoms with Crippen LogP contribution in [-0.2, 0) is 10.4 Å². The van der Waals surface area contributed by atoms with Crippen LogP contribution in [0.4, 0.5) is 0 Å². The molecular weight excluding hydrogens is 358 g/mol. The van der Waals surface area contributed by atoms with Crippen molar-refractivity contribution in [1.29, 1.82) is 0 Å². The summed E-state index contributed by atoms with van der Waals surface area (Å²) in [5.41, 5.74) is -0.640. The Kier molecular flexibility index (Phi) is 3.61. The van der Waals surface area contributed by atoms with Gasteiger partial charge in [-0.25, -0.2) is 19.6 Å². The van der Waals surface area contributed by atoms with Gasteiger partial charge in [0.1, 0.15) is 5.69 Å². The van der Waals surface area contributed by atoms with E-state index in [1.165, 1.54) is 21.8 Å². The first-order chi connectivity index (χ1) is 12.9. The van der Waals surface area contributed by atoms with Crippen molar-refractivity contribution < 1.29 is 11.3 Å². The number of rotatable bonds is 3. The lowest BCUT2D eigenvalue weighted by atomic mass is 9.99. The van der Waals surface area contributed by atoms with E-state index < -0.39 is 11.5 Å². The second-order valence-corrected chi connectivity index (χ2v) is 6.26. The van der Waals surface area contributed by atoms with Crippen molar-refractivity contribution in [2.75, 3.05) is 13.6 Å². The molecule has 1 atom stereocenters. The smallest absolute Gasteiger partial charge is 0.260 e. The van der Waals surface area contributed by atoms with Gasteiger partial charge in [-0.3, -0.25) is 4.79 Å². The van der Waals surface area contributed by atoms with Crippen LogP contribution in [0.25, 0.3) is 17.2 Å². The van der Waals surface area contributed by atoms with E-state index in [0.29, 0.717) is 23.8 Å². The van der Waals surface area contributed by atoms with Gasteiger partial charge in [0, 0.05) is 26.2 Å². The monoisotopic (exact) mass is 372 g/mol. The highest BCUT2D eigenvalue weighted by atomic mass is 35.5. The van der Waals surface area contributed by atoms with E-state index in [2.05, 4.69) is 25.3 Å². The van der Waals surface area contributed by atoms with Crippen molar-refractivity contribution in [3.8, 4) is 17.2 Å². The third-order valence-corrected chi connectivity index (χ3v) is 4.40. The maximum atomic E-state index is 12.2. The minimum atomic E-state index is -1.68. The zero-order chi connectivity index (χ0) is 19.2. The lowest BCUT2D eigenvalue weighted by Gasteiger charge is -2.17. The molecule has 3 aromatic heterocycles. The van der Waals surface area contributed by atoms with E-state index in [4.69, 9.17) is 13.0 Å². The lowest BCUT2D eigenvalue weighted by molar-refractivity contribution is -0.143. The Morgan fingerprint density at radius 3 is 2.85 bits per heavy atom. The number of carbonyl (C=O) groups is 1. The summed E-state index contributed by atoms with van der Waals surface area (Å²) in [6, 6.07) is 6.59. The highest BCUT2D eigenvalue weighted by Gasteiger charge is 2.47. The van der Waals surface area contributed by atoms with Gasteiger partial charge in [-0.05, 0) is 29.8 Å². The number of amides is 1. The van der Waals surface area contributed by atoms with E-state index in [-0.39, 0.29) is 23.6 Å². The Bertz CT molecular complexity index is 1020. The summed E-state index contributed by atoms with van der Waals surface area (Å²) in [6.45, 7) is 0.444. The molecule has 1 amide bonds. The maximum absolute atomic E-state index is 12.2. The number of aliphatic hydroxyl groups is 1. The van der Waals surface area contributed by atoms with Crippen molar-refractivity contribution in [2.45, 2.75) is 12.0 Å². The summed E-state index contributed by atoms with van der Waals surface area (Å²) >= 11 is 5.81. The molecule has 9 nitrogen and oxygen atoms in total. The average molecular weight is 373 g/mol. The van der Waals surface area contributed by atoms with Gasteiger partial charge in [0.05, 0.1) is 19.0 Å². The van der Waals surface area contributed by atoms with Crippen LogP contribution >= 0.6 is 11.6 Å². The predicted octanol–water partition coefficient (Wildman–Crippen LogP) is 0.822.